The summed E-state index contributed by atoms with van der Waals surface area (Å²) in [4.78, 5) is 2.45. The molecule has 2 heteroatoms. The second kappa shape index (κ2) is 14.1. The molecular formula is C56H38N2. The van der Waals surface area contributed by atoms with Crippen LogP contribution in [-0.4, -0.2) is 4.57 Å². The van der Waals surface area contributed by atoms with E-state index in [0.717, 1.165) is 28.3 Å². The van der Waals surface area contributed by atoms with Gasteiger partial charge in [-0.05, 0) is 104 Å². The van der Waals surface area contributed by atoms with Gasteiger partial charge in [0.05, 0.1) is 16.7 Å². The highest BCUT2D eigenvalue weighted by atomic mass is 15.1. The minimum atomic E-state index is 1.07. The maximum atomic E-state index is 2.45. The molecule has 0 saturated heterocycles. The third kappa shape index (κ3) is 5.82. The lowest BCUT2D eigenvalue weighted by Crippen LogP contribution is -2.12. The van der Waals surface area contributed by atoms with Crippen molar-refractivity contribution < 1.29 is 0 Å². The third-order valence-electron chi connectivity index (χ3n) is 11.5. The van der Waals surface area contributed by atoms with Crippen LogP contribution in [0.2, 0.25) is 0 Å². The molecule has 2 nitrogen and oxygen atoms in total. The molecular weight excluding hydrogens is 701 g/mol. The molecule has 0 aliphatic heterocycles. The first-order valence-corrected chi connectivity index (χ1v) is 19.9. The zero-order valence-electron chi connectivity index (χ0n) is 31.8. The van der Waals surface area contributed by atoms with Crippen LogP contribution in [0.15, 0.2) is 231 Å². The monoisotopic (exact) mass is 738 g/mol. The number of hydrogen-bond donors (Lipinski definition) is 0. The Hall–Kier alpha value is -7.68. The zero-order chi connectivity index (χ0) is 38.4. The fourth-order valence-electron chi connectivity index (χ4n) is 8.81. The van der Waals surface area contributed by atoms with E-state index in [1.807, 2.05) is 0 Å². The molecule has 1 heterocycles. The average molecular weight is 739 g/mol. The van der Waals surface area contributed by atoms with Crippen molar-refractivity contribution in [2.45, 2.75) is 0 Å². The Bertz CT molecular complexity index is 3220. The van der Waals surface area contributed by atoms with Crippen LogP contribution in [0.3, 0.4) is 0 Å². The second-order valence-electron chi connectivity index (χ2n) is 15.0. The van der Waals surface area contributed by atoms with Crippen molar-refractivity contribution in [1.29, 1.82) is 0 Å². The van der Waals surface area contributed by atoms with Gasteiger partial charge in [-0.15, -0.1) is 0 Å². The van der Waals surface area contributed by atoms with Gasteiger partial charge in [-0.2, -0.15) is 0 Å². The van der Waals surface area contributed by atoms with Crippen molar-refractivity contribution in [1.82, 2.24) is 4.57 Å². The molecule has 0 aliphatic carbocycles. The fourth-order valence-corrected chi connectivity index (χ4v) is 8.81. The van der Waals surface area contributed by atoms with Crippen LogP contribution in [0.5, 0.6) is 0 Å². The van der Waals surface area contributed by atoms with Gasteiger partial charge < -0.3 is 9.47 Å². The first-order chi connectivity index (χ1) is 28.8. The quantitative estimate of drug-likeness (QED) is 0.158. The maximum Gasteiger partial charge on any atom is 0.0541 e. The number of fused-ring (bicyclic) bond motifs is 5. The van der Waals surface area contributed by atoms with Crippen LogP contribution in [-0.2, 0) is 0 Å². The lowest BCUT2D eigenvalue weighted by atomic mass is 9.95. The maximum absolute atomic E-state index is 2.45. The van der Waals surface area contributed by atoms with Crippen molar-refractivity contribution in [3.05, 3.63) is 231 Å². The molecule has 0 N–H and O–H groups in total. The first kappa shape index (κ1) is 33.6. The number of anilines is 3. The van der Waals surface area contributed by atoms with E-state index in [2.05, 4.69) is 240 Å². The Balaban J connectivity index is 1.17. The van der Waals surface area contributed by atoms with Crippen molar-refractivity contribution >= 4 is 60.4 Å². The predicted octanol–water partition coefficient (Wildman–Crippen LogP) is 15.6. The SMILES string of the molecule is c1ccc(-c2cc(N(c3ccc(-c4ccc5ccccc5c4)cc3)c3ccccc3-c3cccc4ccccc34)cc(-n3c4ccccc4c4ccccc43)c2)cc1. The molecule has 0 unspecified atom stereocenters. The summed E-state index contributed by atoms with van der Waals surface area (Å²) in [6, 6.07) is 83.9. The molecule has 10 aromatic carbocycles. The number of hydrogen-bond acceptors (Lipinski definition) is 1. The lowest BCUT2D eigenvalue weighted by Gasteiger charge is -2.29. The lowest BCUT2D eigenvalue weighted by molar-refractivity contribution is 1.17. The number of benzene rings is 10. The molecule has 11 aromatic rings. The molecule has 0 amide bonds. The van der Waals surface area contributed by atoms with Gasteiger partial charge in [-0.1, -0.05) is 176 Å². The normalized spacial score (nSPS) is 11.4. The van der Waals surface area contributed by atoms with E-state index in [9.17, 15) is 0 Å². The standard InChI is InChI=1S/C56H38N2/c1-2-15-39(16-3-1)45-36-47(38-48(37-45)58-55-27-12-9-23-52(55)53-24-10-13-28-56(53)58)57(46-33-31-41(32-34-46)44-30-29-40-17-4-5-19-43(40)35-44)54-26-11-8-22-51(54)50-25-14-20-42-18-6-7-21-49(42)50/h1-38H. The topological polar surface area (TPSA) is 8.17 Å². The minimum Gasteiger partial charge on any atom is -0.310 e. The van der Waals surface area contributed by atoms with E-state index in [1.165, 1.54) is 71.2 Å². The molecule has 0 atom stereocenters. The highest BCUT2D eigenvalue weighted by Gasteiger charge is 2.21. The summed E-state index contributed by atoms with van der Waals surface area (Å²) in [5.74, 6) is 0. The number of rotatable bonds is 7. The summed E-state index contributed by atoms with van der Waals surface area (Å²) in [5.41, 5.74) is 13.8. The van der Waals surface area contributed by atoms with Crippen LogP contribution in [0.25, 0.3) is 82.4 Å². The van der Waals surface area contributed by atoms with Crippen LogP contribution >= 0.6 is 0 Å². The van der Waals surface area contributed by atoms with Gasteiger partial charge >= 0.3 is 0 Å². The molecule has 0 aliphatic rings. The molecule has 0 bridgehead atoms. The Morgan fingerprint density at radius 2 is 0.862 bits per heavy atom. The van der Waals surface area contributed by atoms with Gasteiger partial charge in [0.2, 0.25) is 0 Å². The molecule has 272 valence electrons. The summed E-state index contributed by atoms with van der Waals surface area (Å²) >= 11 is 0. The summed E-state index contributed by atoms with van der Waals surface area (Å²) in [6.45, 7) is 0. The van der Waals surface area contributed by atoms with Crippen LogP contribution in [0.4, 0.5) is 17.1 Å². The van der Waals surface area contributed by atoms with Crippen molar-refractivity contribution in [3.8, 4) is 39.1 Å². The molecule has 0 radical (unpaired) electrons. The van der Waals surface area contributed by atoms with Crippen molar-refractivity contribution in [3.63, 3.8) is 0 Å². The molecule has 0 fully saturated rings. The van der Waals surface area contributed by atoms with Gasteiger partial charge in [0.25, 0.3) is 0 Å². The van der Waals surface area contributed by atoms with Gasteiger partial charge in [-0.25, -0.2) is 0 Å². The molecule has 58 heavy (non-hydrogen) atoms. The molecule has 0 saturated carbocycles. The fraction of sp³-hybridized carbons (Fsp3) is 0. The van der Waals surface area contributed by atoms with Crippen molar-refractivity contribution in [2.24, 2.45) is 0 Å². The summed E-state index contributed by atoms with van der Waals surface area (Å²) in [5, 5.41) is 7.43. The Morgan fingerprint density at radius 1 is 0.293 bits per heavy atom. The second-order valence-corrected chi connectivity index (χ2v) is 15.0. The van der Waals surface area contributed by atoms with Gasteiger partial charge in [0.1, 0.15) is 0 Å². The summed E-state index contributed by atoms with van der Waals surface area (Å²) in [6.07, 6.45) is 0. The van der Waals surface area contributed by atoms with E-state index in [4.69, 9.17) is 0 Å². The molecule has 0 spiro atoms. The van der Waals surface area contributed by atoms with Gasteiger partial charge in [0.15, 0.2) is 0 Å². The highest BCUT2D eigenvalue weighted by Crippen LogP contribution is 2.45. The number of para-hydroxylation sites is 3. The Morgan fingerprint density at radius 3 is 1.64 bits per heavy atom. The van der Waals surface area contributed by atoms with E-state index < -0.39 is 0 Å². The van der Waals surface area contributed by atoms with E-state index >= 15 is 0 Å². The zero-order valence-corrected chi connectivity index (χ0v) is 31.8. The van der Waals surface area contributed by atoms with Crippen LogP contribution < -0.4 is 4.90 Å². The van der Waals surface area contributed by atoms with E-state index in [-0.39, 0.29) is 0 Å². The Kier molecular flexibility index (Phi) is 8.19. The number of nitrogens with zero attached hydrogens (tertiary/aromatic N) is 2. The average Bonchev–Trinajstić information content (AvgIpc) is 3.64. The largest absolute Gasteiger partial charge is 0.310 e. The van der Waals surface area contributed by atoms with Gasteiger partial charge in [0, 0.05) is 33.4 Å². The molecule has 11 rings (SSSR count). The van der Waals surface area contributed by atoms with Crippen molar-refractivity contribution in [2.75, 3.05) is 4.90 Å². The summed E-state index contributed by atoms with van der Waals surface area (Å²) < 4.78 is 2.43. The highest BCUT2D eigenvalue weighted by molar-refractivity contribution is 6.09. The smallest absolute Gasteiger partial charge is 0.0541 e. The number of aromatic nitrogens is 1. The van der Waals surface area contributed by atoms with Gasteiger partial charge in [-0.3, -0.25) is 0 Å². The minimum absolute atomic E-state index is 1.07. The van der Waals surface area contributed by atoms with E-state index in [0.29, 0.717) is 0 Å². The summed E-state index contributed by atoms with van der Waals surface area (Å²) in [7, 11) is 0. The van der Waals surface area contributed by atoms with Crippen LogP contribution in [0.1, 0.15) is 0 Å². The Labute approximate surface area is 338 Å². The van der Waals surface area contributed by atoms with Crippen LogP contribution in [0, 0.1) is 0 Å². The predicted molar refractivity (Wildman–Crippen MR) is 247 cm³/mol. The third-order valence-corrected chi connectivity index (χ3v) is 11.5. The first-order valence-electron chi connectivity index (χ1n) is 19.9. The molecule has 1 aromatic heterocycles. The van der Waals surface area contributed by atoms with E-state index in [1.54, 1.807) is 0 Å².